The van der Waals surface area contributed by atoms with E-state index in [1.54, 1.807) is 0 Å². The highest BCUT2D eigenvalue weighted by atomic mass is 127. The maximum Gasteiger partial charge on any atom is 0.313 e. The lowest BCUT2D eigenvalue weighted by Crippen LogP contribution is -2.05. The summed E-state index contributed by atoms with van der Waals surface area (Å²) in [6.45, 7) is 2.06. The third-order valence-corrected chi connectivity index (χ3v) is 4.43. The molecule has 0 amide bonds. The first-order chi connectivity index (χ1) is 9.13. The average molecular weight is 388 g/mol. The topological polar surface area (TPSA) is 55.1 Å². The van der Waals surface area contributed by atoms with Gasteiger partial charge in [-0.2, -0.15) is 0 Å². The fourth-order valence-electron chi connectivity index (χ4n) is 1.74. The van der Waals surface area contributed by atoms with Crippen LogP contribution in [0, 0.1) is 3.57 Å². The Labute approximate surface area is 129 Å². The van der Waals surface area contributed by atoms with Crippen molar-refractivity contribution in [1.82, 2.24) is 9.55 Å². The summed E-state index contributed by atoms with van der Waals surface area (Å²) in [5, 5.41) is 9.52. The number of aliphatic carboxylic acids is 1. The van der Waals surface area contributed by atoms with Crippen LogP contribution in [-0.4, -0.2) is 26.4 Å². The monoisotopic (exact) mass is 388 g/mol. The van der Waals surface area contributed by atoms with Crippen molar-refractivity contribution < 1.29 is 9.90 Å². The Bertz CT molecular complexity index is 598. The van der Waals surface area contributed by atoms with E-state index in [1.807, 2.05) is 35.0 Å². The van der Waals surface area contributed by atoms with E-state index in [0.29, 0.717) is 0 Å². The standard InChI is InChI=1S/C13H13IN2O2S/c1-2-9-7-15-13(19-8-12(17)18)16(9)11-6-4-3-5-10(11)14/h3-7H,2,8H2,1H3,(H,17,18). The second kappa shape index (κ2) is 6.42. The van der Waals surface area contributed by atoms with Gasteiger partial charge in [0.25, 0.3) is 0 Å². The summed E-state index contributed by atoms with van der Waals surface area (Å²) in [4.78, 5) is 15.0. The van der Waals surface area contributed by atoms with Crippen molar-refractivity contribution >= 4 is 40.3 Å². The smallest absolute Gasteiger partial charge is 0.313 e. The number of hydrogen-bond acceptors (Lipinski definition) is 3. The molecule has 0 radical (unpaired) electrons. The number of thioether (sulfide) groups is 1. The molecule has 0 spiro atoms. The van der Waals surface area contributed by atoms with Crippen LogP contribution in [-0.2, 0) is 11.2 Å². The van der Waals surface area contributed by atoms with Crippen molar-refractivity contribution in [2.45, 2.75) is 18.5 Å². The number of benzene rings is 1. The average Bonchev–Trinajstić information content (AvgIpc) is 2.79. The molecular formula is C13H13IN2O2S. The Balaban J connectivity index is 2.45. The molecule has 1 heterocycles. The normalized spacial score (nSPS) is 10.6. The molecule has 0 unspecified atom stereocenters. The van der Waals surface area contributed by atoms with Gasteiger partial charge in [0.15, 0.2) is 5.16 Å². The van der Waals surface area contributed by atoms with Crippen LogP contribution in [0.25, 0.3) is 5.69 Å². The van der Waals surface area contributed by atoms with Crippen molar-refractivity contribution in [2.24, 2.45) is 0 Å². The van der Waals surface area contributed by atoms with Crippen LogP contribution in [0.4, 0.5) is 0 Å². The zero-order chi connectivity index (χ0) is 13.8. The molecule has 2 rings (SSSR count). The van der Waals surface area contributed by atoms with Crippen molar-refractivity contribution in [3.05, 3.63) is 39.7 Å². The van der Waals surface area contributed by atoms with Crippen LogP contribution in [0.2, 0.25) is 0 Å². The number of rotatable bonds is 5. The van der Waals surface area contributed by atoms with Crippen molar-refractivity contribution in [3.8, 4) is 5.69 Å². The van der Waals surface area contributed by atoms with Crippen molar-refractivity contribution in [2.75, 3.05) is 5.75 Å². The summed E-state index contributed by atoms with van der Waals surface area (Å²) in [7, 11) is 0. The number of halogens is 1. The van der Waals surface area contributed by atoms with E-state index in [-0.39, 0.29) is 5.75 Å². The maximum absolute atomic E-state index is 10.7. The van der Waals surface area contributed by atoms with Gasteiger partial charge in [0.1, 0.15) is 0 Å². The number of nitrogens with zero attached hydrogens (tertiary/aromatic N) is 2. The van der Waals surface area contributed by atoms with Crippen molar-refractivity contribution in [1.29, 1.82) is 0 Å². The molecule has 0 aliphatic heterocycles. The lowest BCUT2D eigenvalue weighted by Gasteiger charge is -2.12. The molecule has 0 saturated carbocycles. The molecule has 2 aromatic rings. The largest absolute Gasteiger partial charge is 0.481 e. The second-order valence-corrected chi connectivity index (χ2v) is 5.96. The molecular weight excluding hydrogens is 375 g/mol. The Morgan fingerprint density at radius 1 is 1.47 bits per heavy atom. The molecule has 0 atom stereocenters. The van der Waals surface area contributed by atoms with Gasteiger partial charge in [-0.1, -0.05) is 30.8 Å². The van der Waals surface area contributed by atoms with E-state index >= 15 is 0 Å². The van der Waals surface area contributed by atoms with Gasteiger partial charge in [-0.25, -0.2) is 4.98 Å². The zero-order valence-electron chi connectivity index (χ0n) is 10.3. The molecule has 0 aliphatic rings. The maximum atomic E-state index is 10.7. The fourth-order valence-corrected chi connectivity index (χ4v) is 3.09. The minimum absolute atomic E-state index is 0.0174. The molecule has 0 bridgehead atoms. The molecule has 0 aliphatic carbocycles. The van der Waals surface area contributed by atoms with Gasteiger partial charge >= 0.3 is 5.97 Å². The third kappa shape index (κ3) is 3.30. The van der Waals surface area contributed by atoms with Gasteiger partial charge < -0.3 is 5.11 Å². The fraction of sp³-hybridized carbons (Fsp3) is 0.231. The SMILES string of the molecule is CCc1cnc(SCC(=O)O)n1-c1ccccc1I. The summed E-state index contributed by atoms with van der Waals surface area (Å²) in [6.07, 6.45) is 2.67. The van der Waals surface area contributed by atoms with Gasteiger partial charge in [-0.05, 0) is 41.1 Å². The molecule has 0 saturated heterocycles. The lowest BCUT2D eigenvalue weighted by molar-refractivity contribution is -0.133. The molecule has 1 aromatic heterocycles. The van der Waals surface area contributed by atoms with E-state index < -0.39 is 5.97 Å². The summed E-state index contributed by atoms with van der Waals surface area (Å²) in [5.74, 6) is -0.816. The number of aryl methyl sites for hydroxylation is 1. The molecule has 4 nitrogen and oxygen atoms in total. The van der Waals surface area contributed by atoms with Crippen LogP contribution in [0.1, 0.15) is 12.6 Å². The molecule has 19 heavy (non-hydrogen) atoms. The zero-order valence-corrected chi connectivity index (χ0v) is 13.3. The van der Waals surface area contributed by atoms with E-state index in [4.69, 9.17) is 5.11 Å². The highest BCUT2D eigenvalue weighted by Gasteiger charge is 2.14. The molecule has 1 aromatic carbocycles. The summed E-state index contributed by atoms with van der Waals surface area (Å²) in [6, 6.07) is 8.01. The number of aromatic nitrogens is 2. The van der Waals surface area contributed by atoms with Crippen LogP contribution in [0.3, 0.4) is 0 Å². The van der Waals surface area contributed by atoms with Crippen LogP contribution < -0.4 is 0 Å². The quantitative estimate of drug-likeness (QED) is 0.632. The van der Waals surface area contributed by atoms with Crippen LogP contribution >= 0.6 is 34.4 Å². The predicted molar refractivity (Wildman–Crippen MR) is 84.0 cm³/mol. The van der Waals surface area contributed by atoms with E-state index in [2.05, 4.69) is 34.5 Å². The molecule has 1 N–H and O–H groups in total. The Kier molecular flexibility index (Phi) is 4.87. The molecule has 6 heteroatoms. The number of hydrogen-bond donors (Lipinski definition) is 1. The van der Waals surface area contributed by atoms with Crippen LogP contribution in [0.5, 0.6) is 0 Å². The molecule has 0 fully saturated rings. The van der Waals surface area contributed by atoms with E-state index in [1.165, 1.54) is 11.8 Å². The summed E-state index contributed by atoms with van der Waals surface area (Å²) >= 11 is 3.52. The molecule has 100 valence electrons. The second-order valence-electron chi connectivity index (χ2n) is 3.85. The van der Waals surface area contributed by atoms with Gasteiger partial charge in [0.05, 0.1) is 11.4 Å². The van der Waals surface area contributed by atoms with Gasteiger partial charge in [0, 0.05) is 15.5 Å². The summed E-state index contributed by atoms with van der Waals surface area (Å²) < 4.78 is 3.15. The number of carbonyl (C=O) groups is 1. The highest BCUT2D eigenvalue weighted by molar-refractivity contribution is 14.1. The minimum atomic E-state index is -0.833. The number of carboxylic acid groups (broad SMARTS) is 1. The number of para-hydroxylation sites is 1. The summed E-state index contributed by atoms with van der Waals surface area (Å²) in [5.41, 5.74) is 2.13. The van der Waals surface area contributed by atoms with Gasteiger partial charge in [-0.3, -0.25) is 9.36 Å². The number of imidazole rings is 1. The van der Waals surface area contributed by atoms with Crippen molar-refractivity contribution in [3.63, 3.8) is 0 Å². The van der Waals surface area contributed by atoms with E-state index in [0.717, 1.165) is 26.5 Å². The number of carboxylic acids is 1. The predicted octanol–water partition coefficient (Wildman–Crippen LogP) is 3.22. The van der Waals surface area contributed by atoms with Gasteiger partial charge in [-0.15, -0.1) is 0 Å². The lowest BCUT2D eigenvalue weighted by atomic mass is 10.3. The minimum Gasteiger partial charge on any atom is -0.481 e. The Morgan fingerprint density at radius 3 is 2.84 bits per heavy atom. The first kappa shape index (κ1) is 14.4. The third-order valence-electron chi connectivity index (χ3n) is 2.58. The van der Waals surface area contributed by atoms with Crippen LogP contribution in [0.15, 0.2) is 35.6 Å². The Morgan fingerprint density at radius 2 is 2.21 bits per heavy atom. The van der Waals surface area contributed by atoms with Gasteiger partial charge in [0.2, 0.25) is 0 Å². The highest BCUT2D eigenvalue weighted by Crippen LogP contribution is 2.26. The first-order valence-electron chi connectivity index (χ1n) is 5.79. The van der Waals surface area contributed by atoms with E-state index in [9.17, 15) is 4.79 Å². The first-order valence-corrected chi connectivity index (χ1v) is 7.86. The Hall–Kier alpha value is -1.02.